The first-order valence-corrected chi connectivity index (χ1v) is 29.1. The number of ether oxygens (including phenoxy) is 1. The molecule has 408 valence electrons. The van der Waals surface area contributed by atoms with E-state index in [0.29, 0.717) is 6.67 Å². The van der Waals surface area contributed by atoms with Gasteiger partial charge in [0.05, 0.1) is 28.1 Å². The summed E-state index contributed by atoms with van der Waals surface area (Å²) in [5, 5.41) is 2.26. The highest BCUT2D eigenvalue weighted by atomic mass is 16.5. The van der Waals surface area contributed by atoms with Crippen molar-refractivity contribution >= 4 is 44.6 Å². The summed E-state index contributed by atoms with van der Waals surface area (Å²) in [7, 11) is 0. The lowest BCUT2D eigenvalue weighted by Crippen LogP contribution is -2.25. The normalized spacial score (nSPS) is 12.8. The maximum atomic E-state index is 7.36. The van der Waals surface area contributed by atoms with Crippen molar-refractivity contribution in [3.8, 4) is 73.0 Å². The first-order valence-electron chi connectivity index (χ1n) is 29.1. The summed E-state index contributed by atoms with van der Waals surface area (Å²) >= 11 is 0. The molecule has 10 aromatic carbocycles. The SMILES string of the molecule is CC(C)(C)c1cc(-c2cccc(-c3ccccc3)c2N2CN(c3cccc(Oc4cc5c(cc4-c4ccccc4)c4cc(-c6ccccc6)ccc4n5-c4cc(C(C)(C)C)c(-c5ccccc5)cn4)c3)c3ccccc32)cc(C(C)(C)C)c1. The lowest BCUT2D eigenvalue weighted by Gasteiger charge is -2.29. The van der Waals surface area contributed by atoms with E-state index in [9.17, 15) is 0 Å². The zero-order chi connectivity index (χ0) is 57.2. The molecule has 0 radical (unpaired) electrons. The minimum atomic E-state index is -0.170. The predicted molar refractivity (Wildman–Crippen MR) is 350 cm³/mol. The summed E-state index contributed by atoms with van der Waals surface area (Å²) < 4.78 is 9.70. The molecular formula is C78H70N4O. The van der Waals surface area contributed by atoms with Gasteiger partial charge in [0.15, 0.2) is 0 Å². The van der Waals surface area contributed by atoms with Crippen LogP contribution < -0.4 is 14.5 Å². The van der Waals surface area contributed by atoms with Crippen molar-refractivity contribution in [1.29, 1.82) is 0 Å². The van der Waals surface area contributed by atoms with Crippen molar-refractivity contribution in [3.63, 3.8) is 0 Å². The predicted octanol–water partition coefficient (Wildman–Crippen LogP) is 21.4. The summed E-state index contributed by atoms with van der Waals surface area (Å²) in [5.41, 5.74) is 21.7. The van der Waals surface area contributed by atoms with Crippen LogP contribution in [0.5, 0.6) is 11.5 Å². The molecule has 0 unspecified atom stereocenters. The molecule has 1 aliphatic heterocycles. The Morgan fingerprint density at radius 1 is 0.373 bits per heavy atom. The van der Waals surface area contributed by atoms with Crippen molar-refractivity contribution in [1.82, 2.24) is 9.55 Å². The average Bonchev–Trinajstić information content (AvgIpc) is 4.26. The number of para-hydroxylation sites is 3. The molecule has 0 aliphatic carbocycles. The van der Waals surface area contributed by atoms with Gasteiger partial charge in [-0.05, 0) is 115 Å². The zero-order valence-corrected chi connectivity index (χ0v) is 49.1. The number of pyridine rings is 1. The molecule has 0 N–H and O–H groups in total. The third kappa shape index (κ3) is 10.1. The van der Waals surface area contributed by atoms with E-state index in [1.165, 1.54) is 50.2 Å². The highest BCUT2D eigenvalue weighted by molar-refractivity contribution is 6.12. The summed E-state index contributed by atoms with van der Waals surface area (Å²) in [6, 6.07) is 88.1. The van der Waals surface area contributed by atoms with Gasteiger partial charge in [0, 0.05) is 57.0 Å². The Morgan fingerprint density at radius 2 is 0.904 bits per heavy atom. The number of hydrogen-bond acceptors (Lipinski definition) is 4. The van der Waals surface area contributed by atoms with Crippen LogP contribution >= 0.6 is 0 Å². The Kier molecular flexibility index (Phi) is 13.3. The minimum Gasteiger partial charge on any atom is -0.457 e. The lowest BCUT2D eigenvalue weighted by atomic mass is 9.78. The Bertz CT molecular complexity index is 4340. The van der Waals surface area contributed by atoms with Crippen molar-refractivity contribution in [3.05, 3.63) is 266 Å². The Balaban J connectivity index is 0.957. The Hall–Kier alpha value is -9.45. The monoisotopic (exact) mass is 1080 g/mol. The van der Waals surface area contributed by atoms with Gasteiger partial charge in [-0.3, -0.25) is 4.57 Å². The molecule has 0 saturated carbocycles. The van der Waals surface area contributed by atoms with E-state index in [4.69, 9.17) is 9.72 Å². The Labute approximate surface area is 489 Å². The molecule has 5 nitrogen and oxygen atoms in total. The van der Waals surface area contributed by atoms with Gasteiger partial charge in [-0.25, -0.2) is 4.98 Å². The van der Waals surface area contributed by atoms with Gasteiger partial charge >= 0.3 is 0 Å². The van der Waals surface area contributed by atoms with E-state index >= 15 is 0 Å². The fourth-order valence-corrected chi connectivity index (χ4v) is 12.1. The fraction of sp³-hybridized carbons (Fsp3) is 0.167. The van der Waals surface area contributed by atoms with Crippen LogP contribution in [0.3, 0.4) is 0 Å². The number of fused-ring (bicyclic) bond motifs is 4. The maximum Gasteiger partial charge on any atom is 0.137 e. The molecule has 3 heterocycles. The van der Waals surface area contributed by atoms with E-state index in [1.54, 1.807) is 0 Å². The third-order valence-corrected chi connectivity index (χ3v) is 16.5. The van der Waals surface area contributed by atoms with Crippen molar-refractivity contribution < 1.29 is 4.74 Å². The molecule has 0 atom stereocenters. The molecule has 2 aromatic heterocycles. The highest BCUT2D eigenvalue weighted by Crippen LogP contribution is 2.52. The third-order valence-electron chi connectivity index (χ3n) is 16.5. The number of rotatable bonds is 10. The molecule has 5 heteroatoms. The number of benzene rings is 10. The van der Waals surface area contributed by atoms with E-state index in [-0.39, 0.29) is 16.2 Å². The van der Waals surface area contributed by atoms with Crippen LogP contribution in [-0.2, 0) is 16.2 Å². The largest absolute Gasteiger partial charge is 0.457 e. The van der Waals surface area contributed by atoms with Gasteiger partial charge in [-0.1, -0.05) is 244 Å². The molecule has 0 bridgehead atoms. The molecule has 12 aromatic rings. The molecule has 0 fully saturated rings. The van der Waals surface area contributed by atoms with Crippen LogP contribution in [0.4, 0.5) is 22.7 Å². The van der Waals surface area contributed by atoms with Crippen LogP contribution in [-0.4, -0.2) is 16.2 Å². The standard InChI is InChI=1S/C78H70N4O/c1-76(2,3)58-42-57(43-59(45-58)77(4,5)6)63-37-25-36-62(53-28-16-11-17-29-53)75(63)81-51-80(70-38-22-23-39-71(70)81)60-34-24-35-61(46-60)83-73-49-72-66(47-64(73)54-30-18-12-19-31-54)65-44-56(52-26-14-10-15-27-52)40-41-69(65)82(72)74-48-68(78(7,8)9)67(50-79-74)55-32-20-13-21-33-55/h10-50H,51H2,1-9H3. The zero-order valence-electron chi connectivity index (χ0n) is 49.1. The van der Waals surface area contributed by atoms with Crippen LogP contribution in [0.2, 0.25) is 0 Å². The van der Waals surface area contributed by atoms with Crippen molar-refractivity contribution in [2.24, 2.45) is 0 Å². The highest BCUT2D eigenvalue weighted by Gasteiger charge is 2.33. The smallest absolute Gasteiger partial charge is 0.137 e. The van der Waals surface area contributed by atoms with Crippen LogP contribution in [0.1, 0.15) is 79.0 Å². The second-order valence-electron chi connectivity index (χ2n) is 25.3. The van der Waals surface area contributed by atoms with Gasteiger partial charge in [0.2, 0.25) is 0 Å². The first-order chi connectivity index (χ1) is 40.0. The van der Waals surface area contributed by atoms with E-state index in [2.05, 4.69) is 326 Å². The average molecular weight is 1080 g/mol. The molecule has 13 rings (SSSR count). The minimum absolute atomic E-state index is 0.0432. The second kappa shape index (κ2) is 20.8. The van der Waals surface area contributed by atoms with E-state index < -0.39 is 0 Å². The van der Waals surface area contributed by atoms with E-state index in [1.807, 2.05) is 0 Å². The lowest BCUT2D eigenvalue weighted by molar-refractivity contribution is 0.485. The molecular weight excluding hydrogens is 1010 g/mol. The summed E-state index contributed by atoms with van der Waals surface area (Å²) in [5.74, 6) is 2.35. The second-order valence-corrected chi connectivity index (χ2v) is 25.3. The van der Waals surface area contributed by atoms with Gasteiger partial charge in [-0.15, -0.1) is 0 Å². The fourth-order valence-electron chi connectivity index (χ4n) is 12.1. The molecule has 1 aliphatic rings. The number of hydrogen-bond donors (Lipinski definition) is 0. The first kappa shape index (κ1) is 52.9. The summed E-state index contributed by atoms with van der Waals surface area (Å²) in [6.07, 6.45) is 2.06. The number of nitrogens with zero attached hydrogens (tertiary/aromatic N) is 4. The van der Waals surface area contributed by atoms with Crippen molar-refractivity contribution in [2.45, 2.75) is 78.6 Å². The van der Waals surface area contributed by atoms with Gasteiger partial charge in [-0.2, -0.15) is 0 Å². The number of anilines is 4. The van der Waals surface area contributed by atoms with Gasteiger partial charge < -0.3 is 14.5 Å². The number of aromatic nitrogens is 2. The quantitative estimate of drug-likeness (QED) is 0.137. The molecule has 83 heavy (non-hydrogen) atoms. The summed E-state index contributed by atoms with van der Waals surface area (Å²) in [4.78, 5) is 10.3. The summed E-state index contributed by atoms with van der Waals surface area (Å²) in [6.45, 7) is 21.4. The topological polar surface area (TPSA) is 33.5 Å². The molecule has 0 amide bonds. The van der Waals surface area contributed by atoms with Crippen LogP contribution in [0.25, 0.3) is 83.3 Å². The molecule has 0 spiro atoms. The van der Waals surface area contributed by atoms with Crippen molar-refractivity contribution in [2.75, 3.05) is 16.5 Å². The van der Waals surface area contributed by atoms with Gasteiger partial charge in [0.25, 0.3) is 0 Å². The van der Waals surface area contributed by atoms with Crippen LogP contribution in [0.15, 0.2) is 249 Å². The van der Waals surface area contributed by atoms with Crippen LogP contribution in [0, 0.1) is 0 Å². The van der Waals surface area contributed by atoms with E-state index in [0.717, 1.165) is 84.0 Å². The Morgan fingerprint density at radius 3 is 1.51 bits per heavy atom. The van der Waals surface area contributed by atoms with Gasteiger partial charge in [0.1, 0.15) is 24.0 Å². The maximum absolute atomic E-state index is 7.36. The molecule has 0 saturated heterocycles.